The number of carbonyl (C=O) groups excluding carboxylic acids is 1. The Morgan fingerprint density at radius 3 is 2.88 bits per heavy atom. The van der Waals surface area contributed by atoms with Crippen molar-refractivity contribution < 1.29 is 4.79 Å². The zero-order valence-corrected chi connectivity index (χ0v) is 9.68. The molecular weight excluding hydrogens is 204 g/mol. The van der Waals surface area contributed by atoms with Gasteiger partial charge in [0.05, 0.1) is 5.56 Å². The van der Waals surface area contributed by atoms with Gasteiger partial charge in [-0.3, -0.25) is 4.79 Å². The molecule has 1 aromatic heterocycles. The number of amides is 1. The number of carbonyl (C=O) groups is 1. The van der Waals surface area contributed by atoms with Crippen LogP contribution in [0.4, 0.5) is 5.82 Å². The van der Waals surface area contributed by atoms with E-state index in [9.17, 15) is 4.79 Å². The van der Waals surface area contributed by atoms with Crippen molar-refractivity contribution in [1.82, 2.24) is 4.98 Å². The van der Waals surface area contributed by atoms with E-state index < -0.39 is 5.91 Å². The van der Waals surface area contributed by atoms with E-state index in [1.54, 1.807) is 18.3 Å². The Morgan fingerprint density at radius 1 is 1.62 bits per heavy atom. The first kappa shape index (κ1) is 12.4. The number of hydrogen-bond acceptors (Lipinski definition) is 4. The lowest BCUT2D eigenvalue weighted by Gasteiger charge is -2.23. The van der Waals surface area contributed by atoms with E-state index in [1.165, 1.54) is 0 Å². The number of rotatable bonds is 5. The molecule has 0 saturated carbocycles. The van der Waals surface area contributed by atoms with Crippen molar-refractivity contribution in [3.8, 4) is 0 Å². The smallest absolute Gasteiger partial charge is 0.252 e. The molecule has 1 rings (SSSR count). The van der Waals surface area contributed by atoms with Crippen molar-refractivity contribution in [3.05, 3.63) is 23.9 Å². The summed E-state index contributed by atoms with van der Waals surface area (Å²) < 4.78 is 0. The van der Waals surface area contributed by atoms with Gasteiger partial charge in [-0.15, -0.1) is 0 Å². The summed E-state index contributed by atoms with van der Waals surface area (Å²) in [4.78, 5) is 17.3. The van der Waals surface area contributed by atoms with Gasteiger partial charge in [0.15, 0.2) is 0 Å². The highest BCUT2D eigenvalue weighted by Crippen LogP contribution is 2.15. The van der Waals surface area contributed by atoms with E-state index >= 15 is 0 Å². The fourth-order valence-corrected chi connectivity index (χ4v) is 1.52. The molecule has 0 aliphatic rings. The van der Waals surface area contributed by atoms with Crippen molar-refractivity contribution >= 4 is 11.7 Å². The lowest BCUT2D eigenvalue weighted by Crippen LogP contribution is -2.30. The number of hydrogen-bond donors (Lipinski definition) is 2. The van der Waals surface area contributed by atoms with Crippen molar-refractivity contribution in [2.24, 2.45) is 17.4 Å². The molecule has 0 aliphatic carbocycles. The number of aromatic nitrogens is 1. The number of nitrogens with two attached hydrogens (primary N) is 2. The molecule has 0 aliphatic heterocycles. The maximum absolute atomic E-state index is 11.2. The van der Waals surface area contributed by atoms with Crippen molar-refractivity contribution in [2.45, 2.75) is 6.92 Å². The molecule has 1 amide bonds. The van der Waals surface area contributed by atoms with Gasteiger partial charge in [-0.2, -0.15) is 0 Å². The van der Waals surface area contributed by atoms with Crippen LogP contribution in [0.2, 0.25) is 0 Å². The fourth-order valence-electron chi connectivity index (χ4n) is 1.52. The van der Waals surface area contributed by atoms with Gasteiger partial charge in [0.2, 0.25) is 0 Å². The van der Waals surface area contributed by atoms with Crippen LogP contribution in [0.25, 0.3) is 0 Å². The van der Waals surface area contributed by atoms with E-state index in [0.717, 1.165) is 6.54 Å². The molecule has 1 unspecified atom stereocenters. The van der Waals surface area contributed by atoms with Crippen LogP contribution in [0.3, 0.4) is 0 Å². The highest BCUT2D eigenvalue weighted by atomic mass is 16.1. The molecule has 16 heavy (non-hydrogen) atoms. The highest BCUT2D eigenvalue weighted by molar-refractivity contribution is 5.97. The summed E-state index contributed by atoms with van der Waals surface area (Å²) in [6.07, 6.45) is 1.64. The maximum Gasteiger partial charge on any atom is 0.252 e. The van der Waals surface area contributed by atoms with Gasteiger partial charge < -0.3 is 16.4 Å². The van der Waals surface area contributed by atoms with Gasteiger partial charge in [-0.25, -0.2) is 4.98 Å². The lowest BCUT2D eigenvalue weighted by molar-refractivity contribution is 0.100. The van der Waals surface area contributed by atoms with Crippen LogP contribution < -0.4 is 16.4 Å². The van der Waals surface area contributed by atoms with E-state index in [4.69, 9.17) is 11.5 Å². The molecule has 1 heterocycles. The summed E-state index contributed by atoms with van der Waals surface area (Å²) in [6, 6.07) is 3.37. The van der Waals surface area contributed by atoms with Crippen LogP contribution in [-0.4, -0.2) is 31.0 Å². The van der Waals surface area contributed by atoms with Crippen LogP contribution in [0.1, 0.15) is 17.3 Å². The molecule has 1 atom stereocenters. The van der Waals surface area contributed by atoms with E-state index in [1.807, 2.05) is 18.9 Å². The minimum Gasteiger partial charge on any atom is -0.365 e. The highest BCUT2D eigenvalue weighted by Gasteiger charge is 2.14. The minimum atomic E-state index is -0.463. The Kier molecular flexibility index (Phi) is 4.25. The molecule has 4 N–H and O–H groups in total. The van der Waals surface area contributed by atoms with Crippen LogP contribution in [-0.2, 0) is 0 Å². The predicted molar refractivity (Wildman–Crippen MR) is 64.2 cm³/mol. The topological polar surface area (TPSA) is 85.2 Å². The third-order valence-corrected chi connectivity index (χ3v) is 2.40. The first-order chi connectivity index (χ1) is 7.56. The van der Waals surface area contributed by atoms with Crippen molar-refractivity contribution in [1.29, 1.82) is 0 Å². The zero-order valence-electron chi connectivity index (χ0n) is 9.68. The molecule has 5 nitrogen and oxygen atoms in total. The predicted octanol–water partition coefficient (Wildman–Crippen LogP) is 0.212. The number of anilines is 1. The number of primary amides is 1. The molecule has 1 aromatic rings. The molecule has 0 radical (unpaired) electrons. The van der Waals surface area contributed by atoms with Crippen LogP contribution in [0.15, 0.2) is 18.3 Å². The second-order valence-electron chi connectivity index (χ2n) is 3.96. The third kappa shape index (κ3) is 2.93. The minimum absolute atomic E-state index is 0.340. The van der Waals surface area contributed by atoms with E-state index in [0.29, 0.717) is 23.8 Å². The Hall–Kier alpha value is -1.62. The summed E-state index contributed by atoms with van der Waals surface area (Å²) in [5.74, 6) is 0.485. The maximum atomic E-state index is 11.2. The van der Waals surface area contributed by atoms with Crippen molar-refractivity contribution in [2.75, 3.05) is 25.0 Å². The number of nitrogens with zero attached hydrogens (tertiary/aromatic N) is 2. The first-order valence-corrected chi connectivity index (χ1v) is 5.22. The molecule has 5 heteroatoms. The molecule has 0 spiro atoms. The van der Waals surface area contributed by atoms with Crippen LogP contribution in [0.5, 0.6) is 0 Å². The van der Waals surface area contributed by atoms with Crippen LogP contribution >= 0.6 is 0 Å². The molecular formula is C11H18N4O. The molecule has 88 valence electrons. The van der Waals surface area contributed by atoms with Gasteiger partial charge in [-0.05, 0) is 24.6 Å². The Bertz CT molecular complexity index is 367. The summed E-state index contributed by atoms with van der Waals surface area (Å²) in [5, 5.41) is 0. The molecule has 0 aromatic carbocycles. The normalized spacial score (nSPS) is 12.2. The summed E-state index contributed by atoms with van der Waals surface area (Å²) in [7, 11) is 1.88. The Balaban J connectivity index is 2.90. The largest absolute Gasteiger partial charge is 0.365 e. The van der Waals surface area contributed by atoms with Gasteiger partial charge in [0, 0.05) is 19.8 Å². The third-order valence-electron chi connectivity index (χ3n) is 2.40. The average molecular weight is 222 g/mol. The monoisotopic (exact) mass is 222 g/mol. The quantitative estimate of drug-likeness (QED) is 0.746. The van der Waals surface area contributed by atoms with Crippen molar-refractivity contribution in [3.63, 3.8) is 0 Å². The van der Waals surface area contributed by atoms with E-state index in [-0.39, 0.29) is 0 Å². The van der Waals surface area contributed by atoms with Gasteiger partial charge >= 0.3 is 0 Å². The van der Waals surface area contributed by atoms with Crippen LogP contribution in [0, 0.1) is 5.92 Å². The fraction of sp³-hybridized carbons (Fsp3) is 0.455. The van der Waals surface area contributed by atoms with E-state index in [2.05, 4.69) is 4.98 Å². The summed E-state index contributed by atoms with van der Waals surface area (Å²) in [5.41, 5.74) is 11.3. The number of pyridine rings is 1. The molecule has 0 saturated heterocycles. The zero-order chi connectivity index (χ0) is 12.1. The Morgan fingerprint density at radius 2 is 2.31 bits per heavy atom. The standard InChI is InChI=1S/C11H18N4O/c1-8(6-12)7-15(2)11-9(10(13)16)4-3-5-14-11/h3-5,8H,6-7,12H2,1-2H3,(H2,13,16). The molecule has 0 bridgehead atoms. The lowest BCUT2D eigenvalue weighted by atomic mass is 10.1. The average Bonchev–Trinajstić information content (AvgIpc) is 2.28. The Labute approximate surface area is 95.4 Å². The SMILES string of the molecule is CC(CN)CN(C)c1ncccc1C(N)=O. The van der Waals surface area contributed by atoms with Gasteiger partial charge in [0.1, 0.15) is 5.82 Å². The van der Waals surface area contributed by atoms with Gasteiger partial charge in [0.25, 0.3) is 5.91 Å². The molecule has 0 fully saturated rings. The first-order valence-electron chi connectivity index (χ1n) is 5.22. The summed E-state index contributed by atoms with van der Waals surface area (Å²) >= 11 is 0. The summed E-state index contributed by atoms with van der Waals surface area (Å²) in [6.45, 7) is 3.39. The van der Waals surface area contributed by atoms with Gasteiger partial charge in [-0.1, -0.05) is 6.92 Å². The second kappa shape index (κ2) is 5.46. The second-order valence-corrected chi connectivity index (χ2v) is 3.96.